The summed E-state index contributed by atoms with van der Waals surface area (Å²) in [7, 11) is -1.75. The van der Waals surface area contributed by atoms with Gasteiger partial charge in [-0.3, -0.25) is 4.31 Å². The molecule has 0 amide bonds. The van der Waals surface area contributed by atoms with Gasteiger partial charge in [-0.05, 0) is 43.5 Å². The van der Waals surface area contributed by atoms with Crippen LogP contribution in [0.15, 0.2) is 47.5 Å². The smallest absolute Gasteiger partial charge is 0.236 e. The number of hydrogen-bond acceptors (Lipinski definition) is 4. The summed E-state index contributed by atoms with van der Waals surface area (Å²) in [6.45, 7) is 5.89. The highest BCUT2D eigenvalue weighted by Crippen LogP contribution is 2.29. The van der Waals surface area contributed by atoms with Crippen LogP contribution in [-0.2, 0) is 23.0 Å². The van der Waals surface area contributed by atoms with Gasteiger partial charge in [0.15, 0.2) is 5.96 Å². The Morgan fingerprint density at radius 2 is 1.97 bits per heavy atom. The molecular formula is C22H31IN4O3S. The van der Waals surface area contributed by atoms with Crippen LogP contribution in [0.4, 0.5) is 5.69 Å². The first-order valence-corrected chi connectivity index (χ1v) is 11.8. The molecule has 2 N–H and O–H groups in total. The molecule has 1 heterocycles. The average molecular weight is 558 g/mol. The first-order valence-electron chi connectivity index (χ1n) is 10.2. The third kappa shape index (κ3) is 6.49. The number of rotatable bonds is 8. The van der Waals surface area contributed by atoms with Crippen molar-refractivity contribution in [3.05, 3.63) is 59.2 Å². The molecule has 0 radical (unpaired) electrons. The Balaban J connectivity index is 0.00000341. The number of hydrogen-bond donors (Lipinski definition) is 2. The van der Waals surface area contributed by atoms with E-state index in [1.807, 2.05) is 56.3 Å². The molecule has 0 unspecified atom stereocenters. The lowest BCUT2D eigenvalue weighted by Gasteiger charge is -2.20. The minimum atomic E-state index is -3.40. The largest absolute Gasteiger partial charge is 0.496 e. The molecule has 0 saturated carbocycles. The number of aryl methyl sites for hydroxylation is 1. The van der Waals surface area contributed by atoms with Gasteiger partial charge >= 0.3 is 0 Å². The lowest BCUT2D eigenvalue weighted by Crippen LogP contribution is -2.42. The fraction of sp³-hybridized carbons (Fsp3) is 0.409. The van der Waals surface area contributed by atoms with Crippen LogP contribution in [0.5, 0.6) is 5.75 Å². The van der Waals surface area contributed by atoms with Crippen LogP contribution in [-0.4, -0.2) is 46.9 Å². The minimum Gasteiger partial charge on any atom is -0.496 e. The standard InChI is InChI=1S/C22H30N4O3S.HI/c1-4-23-22(25-16-19-10-9-17(2)15-21(19)29-3)24-12-14-30(27,28)26-13-11-18-7-5-6-8-20(18)26;/h5-10,15H,4,11-14,16H2,1-3H3,(H2,23,24,25);1H. The molecule has 31 heavy (non-hydrogen) atoms. The SMILES string of the molecule is CCNC(=NCc1ccc(C)cc1OC)NCCS(=O)(=O)N1CCc2ccccc21.I. The molecule has 0 fully saturated rings. The minimum absolute atomic E-state index is 0. The van der Waals surface area contributed by atoms with E-state index in [0.717, 1.165) is 34.5 Å². The van der Waals surface area contributed by atoms with Gasteiger partial charge in [-0.1, -0.05) is 30.3 Å². The van der Waals surface area contributed by atoms with Crippen molar-refractivity contribution in [3.8, 4) is 5.75 Å². The van der Waals surface area contributed by atoms with Gasteiger partial charge in [-0.25, -0.2) is 13.4 Å². The number of nitrogens with one attached hydrogen (secondary N) is 2. The van der Waals surface area contributed by atoms with Crippen molar-refractivity contribution in [1.82, 2.24) is 10.6 Å². The van der Waals surface area contributed by atoms with Crippen LogP contribution in [0.2, 0.25) is 0 Å². The highest BCUT2D eigenvalue weighted by molar-refractivity contribution is 14.0. The second kappa shape index (κ2) is 11.6. The van der Waals surface area contributed by atoms with E-state index in [1.165, 1.54) is 4.31 Å². The van der Waals surface area contributed by atoms with Crippen LogP contribution in [0.3, 0.4) is 0 Å². The van der Waals surface area contributed by atoms with Gasteiger partial charge in [0, 0.05) is 25.2 Å². The van der Waals surface area contributed by atoms with E-state index in [-0.39, 0.29) is 36.3 Å². The van der Waals surface area contributed by atoms with Crippen LogP contribution < -0.4 is 19.7 Å². The quantitative estimate of drug-likeness (QED) is 0.296. The Labute approximate surface area is 202 Å². The van der Waals surface area contributed by atoms with Crippen molar-refractivity contribution in [1.29, 1.82) is 0 Å². The molecule has 0 bridgehead atoms. The fourth-order valence-corrected chi connectivity index (χ4v) is 4.92. The van der Waals surface area contributed by atoms with Crippen molar-refractivity contribution in [2.24, 2.45) is 4.99 Å². The van der Waals surface area contributed by atoms with Gasteiger partial charge in [-0.2, -0.15) is 0 Å². The van der Waals surface area contributed by atoms with Gasteiger partial charge in [0.25, 0.3) is 0 Å². The molecule has 3 rings (SSSR count). The molecule has 0 aromatic heterocycles. The number of aliphatic imine (C=N–C) groups is 1. The number of fused-ring (bicyclic) bond motifs is 1. The first kappa shape index (κ1) is 25.3. The van der Waals surface area contributed by atoms with Crippen LogP contribution in [0.1, 0.15) is 23.6 Å². The van der Waals surface area contributed by atoms with Crippen LogP contribution >= 0.6 is 24.0 Å². The van der Waals surface area contributed by atoms with Gasteiger partial charge < -0.3 is 15.4 Å². The maximum Gasteiger partial charge on any atom is 0.236 e. The molecule has 1 aliphatic heterocycles. The molecule has 0 spiro atoms. The third-order valence-corrected chi connectivity index (χ3v) is 6.80. The molecule has 7 nitrogen and oxygen atoms in total. The summed E-state index contributed by atoms with van der Waals surface area (Å²) in [6, 6.07) is 13.7. The van der Waals surface area contributed by atoms with Crippen molar-refractivity contribution >= 4 is 45.6 Å². The number of nitrogens with zero attached hydrogens (tertiary/aromatic N) is 2. The number of benzene rings is 2. The number of ether oxygens (including phenoxy) is 1. The lowest BCUT2D eigenvalue weighted by atomic mass is 10.1. The molecule has 0 aliphatic carbocycles. The van der Waals surface area contributed by atoms with Crippen LogP contribution in [0.25, 0.3) is 0 Å². The summed E-state index contributed by atoms with van der Waals surface area (Å²) in [5.74, 6) is 1.38. The molecule has 2 aromatic carbocycles. The number of para-hydroxylation sites is 1. The molecule has 1 aliphatic rings. The van der Waals surface area contributed by atoms with Gasteiger partial charge in [0.1, 0.15) is 5.75 Å². The van der Waals surface area contributed by atoms with E-state index in [0.29, 0.717) is 25.6 Å². The maximum atomic E-state index is 12.8. The first-order chi connectivity index (χ1) is 14.4. The van der Waals surface area contributed by atoms with E-state index >= 15 is 0 Å². The number of sulfonamides is 1. The normalized spacial score (nSPS) is 13.4. The summed E-state index contributed by atoms with van der Waals surface area (Å²) in [5, 5.41) is 6.30. The summed E-state index contributed by atoms with van der Waals surface area (Å²) in [4.78, 5) is 4.58. The molecule has 170 valence electrons. The zero-order chi connectivity index (χ0) is 21.6. The van der Waals surface area contributed by atoms with E-state index in [4.69, 9.17) is 4.74 Å². The van der Waals surface area contributed by atoms with Crippen molar-refractivity contribution in [2.75, 3.05) is 36.8 Å². The summed E-state index contributed by atoms with van der Waals surface area (Å²) in [5.41, 5.74) is 3.97. The molecular weight excluding hydrogens is 527 g/mol. The number of halogens is 1. The fourth-order valence-electron chi connectivity index (χ4n) is 3.49. The zero-order valence-corrected chi connectivity index (χ0v) is 21.4. The predicted molar refractivity (Wildman–Crippen MR) is 137 cm³/mol. The lowest BCUT2D eigenvalue weighted by molar-refractivity contribution is 0.409. The number of methoxy groups -OCH3 is 1. The predicted octanol–water partition coefficient (Wildman–Crippen LogP) is 3.07. The van der Waals surface area contributed by atoms with Crippen molar-refractivity contribution in [2.45, 2.75) is 26.8 Å². The second-order valence-corrected chi connectivity index (χ2v) is 9.22. The summed E-state index contributed by atoms with van der Waals surface area (Å²) >= 11 is 0. The van der Waals surface area contributed by atoms with Crippen LogP contribution in [0, 0.1) is 6.92 Å². The Hall–Kier alpha value is -2.01. The molecule has 2 aromatic rings. The molecule has 0 saturated heterocycles. The van der Waals surface area contributed by atoms with Crippen molar-refractivity contribution < 1.29 is 13.2 Å². The number of anilines is 1. The van der Waals surface area contributed by atoms with Gasteiger partial charge in [-0.15, -0.1) is 24.0 Å². The summed E-state index contributed by atoms with van der Waals surface area (Å²) < 4.78 is 32.6. The maximum absolute atomic E-state index is 12.8. The Bertz CT molecular complexity index is 1010. The topological polar surface area (TPSA) is 83.0 Å². The zero-order valence-electron chi connectivity index (χ0n) is 18.2. The van der Waals surface area contributed by atoms with Crippen molar-refractivity contribution in [3.63, 3.8) is 0 Å². The number of guanidine groups is 1. The van der Waals surface area contributed by atoms with E-state index in [9.17, 15) is 8.42 Å². The Morgan fingerprint density at radius 1 is 1.19 bits per heavy atom. The van der Waals surface area contributed by atoms with E-state index < -0.39 is 10.0 Å². The van der Waals surface area contributed by atoms with Gasteiger partial charge in [0.2, 0.25) is 10.0 Å². The van der Waals surface area contributed by atoms with E-state index in [2.05, 4.69) is 15.6 Å². The molecule has 0 atom stereocenters. The molecule has 9 heteroatoms. The second-order valence-electron chi connectivity index (χ2n) is 7.20. The highest BCUT2D eigenvalue weighted by Gasteiger charge is 2.28. The third-order valence-electron chi connectivity index (χ3n) is 5.03. The monoisotopic (exact) mass is 558 g/mol. The highest BCUT2D eigenvalue weighted by atomic mass is 127. The van der Waals surface area contributed by atoms with E-state index in [1.54, 1.807) is 7.11 Å². The Morgan fingerprint density at radius 3 is 2.71 bits per heavy atom. The Kier molecular flexibility index (Phi) is 9.42. The summed E-state index contributed by atoms with van der Waals surface area (Å²) in [6.07, 6.45) is 0.755. The van der Waals surface area contributed by atoms with Gasteiger partial charge in [0.05, 0.1) is 25.1 Å². The average Bonchev–Trinajstić information content (AvgIpc) is 3.17.